The van der Waals surface area contributed by atoms with Crippen LogP contribution >= 0.6 is 0 Å². The molecule has 0 spiro atoms. The number of barbiturate groups is 1. The van der Waals surface area contributed by atoms with E-state index in [1.54, 1.807) is 48.5 Å². The van der Waals surface area contributed by atoms with Gasteiger partial charge >= 0.3 is 6.03 Å². The lowest BCUT2D eigenvalue weighted by atomic mass is 10.1. The average Bonchev–Trinajstić information content (AvgIpc) is 2.95. The van der Waals surface area contributed by atoms with Crippen LogP contribution in [0.25, 0.3) is 6.08 Å². The van der Waals surface area contributed by atoms with Crippen molar-refractivity contribution in [2.75, 3.05) is 38.2 Å². The van der Waals surface area contributed by atoms with Gasteiger partial charge in [-0.05, 0) is 60.2 Å². The second-order valence-electron chi connectivity index (χ2n) is 8.10. The predicted octanol–water partition coefficient (Wildman–Crippen LogP) is 3.40. The Morgan fingerprint density at radius 3 is 2.28 bits per heavy atom. The smallest absolute Gasteiger partial charge is 0.335 e. The van der Waals surface area contributed by atoms with Crippen molar-refractivity contribution in [3.63, 3.8) is 0 Å². The topological polar surface area (TPSA) is 132 Å². The lowest BCUT2D eigenvalue weighted by Crippen LogP contribution is -2.54. The zero-order chi connectivity index (χ0) is 27.9. The number of nitrogens with zero attached hydrogens (tertiary/aromatic N) is 1. The number of rotatable bonds is 9. The molecular weight excluding hydrogens is 506 g/mol. The van der Waals surface area contributed by atoms with Crippen molar-refractivity contribution in [1.29, 1.82) is 0 Å². The molecule has 0 aromatic heterocycles. The summed E-state index contributed by atoms with van der Waals surface area (Å²) >= 11 is 0. The van der Waals surface area contributed by atoms with E-state index in [0.717, 1.165) is 4.90 Å². The van der Waals surface area contributed by atoms with E-state index in [2.05, 4.69) is 10.6 Å². The molecule has 39 heavy (non-hydrogen) atoms. The van der Waals surface area contributed by atoms with Crippen LogP contribution in [0.5, 0.6) is 23.0 Å². The van der Waals surface area contributed by atoms with Crippen molar-refractivity contribution in [2.45, 2.75) is 0 Å². The van der Waals surface area contributed by atoms with Crippen molar-refractivity contribution in [3.05, 3.63) is 77.9 Å². The highest BCUT2D eigenvalue weighted by molar-refractivity contribution is 6.39. The van der Waals surface area contributed by atoms with Gasteiger partial charge in [-0.1, -0.05) is 18.2 Å². The molecule has 0 bridgehead atoms. The summed E-state index contributed by atoms with van der Waals surface area (Å²) in [7, 11) is 4.41. The van der Waals surface area contributed by atoms with Crippen LogP contribution in [-0.2, 0) is 14.4 Å². The van der Waals surface area contributed by atoms with Gasteiger partial charge in [0.25, 0.3) is 17.7 Å². The molecule has 3 aromatic carbocycles. The number of carbonyl (C=O) groups is 4. The van der Waals surface area contributed by atoms with Crippen molar-refractivity contribution in [1.82, 2.24) is 5.32 Å². The van der Waals surface area contributed by atoms with Gasteiger partial charge in [0, 0.05) is 0 Å². The Labute approximate surface area is 223 Å². The van der Waals surface area contributed by atoms with Gasteiger partial charge in [0.05, 0.1) is 32.7 Å². The molecule has 11 nitrogen and oxygen atoms in total. The lowest BCUT2D eigenvalue weighted by molar-refractivity contribution is -0.122. The number of hydrogen-bond donors (Lipinski definition) is 2. The monoisotopic (exact) mass is 531 g/mol. The molecule has 0 saturated carbocycles. The number of ether oxygens (including phenoxy) is 4. The number of benzene rings is 3. The molecule has 5 amide bonds. The summed E-state index contributed by atoms with van der Waals surface area (Å²) in [6.45, 7) is -0.311. The molecule has 2 N–H and O–H groups in total. The first kappa shape index (κ1) is 26.7. The van der Waals surface area contributed by atoms with Gasteiger partial charge < -0.3 is 24.3 Å². The first-order valence-corrected chi connectivity index (χ1v) is 11.6. The Hall–Kier alpha value is -5.32. The third-order valence-electron chi connectivity index (χ3n) is 5.67. The van der Waals surface area contributed by atoms with E-state index in [9.17, 15) is 19.2 Å². The molecule has 1 fully saturated rings. The Balaban J connectivity index is 1.50. The van der Waals surface area contributed by atoms with Gasteiger partial charge in [-0.25, -0.2) is 9.69 Å². The number of methoxy groups -OCH3 is 3. The summed E-state index contributed by atoms with van der Waals surface area (Å²) in [5.41, 5.74) is 0.946. The predicted molar refractivity (Wildman–Crippen MR) is 142 cm³/mol. The number of carbonyl (C=O) groups excluding carboxylic acids is 4. The van der Waals surface area contributed by atoms with Crippen molar-refractivity contribution in [3.8, 4) is 23.0 Å². The van der Waals surface area contributed by atoms with Crippen LogP contribution < -0.4 is 34.5 Å². The fourth-order valence-corrected chi connectivity index (χ4v) is 3.76. The number of imide groups is 2. The highest BCUT2D eigenvalue weighted by Crippen LogP contribution is 2.30. The van der Waals surface area contributed by atoms with Crippen LogP contribution in [0.4, 0.5) is 16.2 Å². The molecule has 3 aromatic rings. The molecule has 0 atom stereocenters. The summed E-state index contributed by atoms with van der Waals surface area (Å²) in [5.74, 6) is -0.453. The minimum absolute atomic E-state index is 0.252. The van der Waals surface area contributed by atoms with Crippen LogP contribution in [0, 0.1) is 0 Å². The molecule has 1 heterocycles. The largest absolute Gasteiger partial charge is 0.497 e. The first-order valence-electron chi connectivity index (χ1n) is 11.6. The maximum absolute atomic E-state index is 13.1. The minimum Gasteiger partial charge on any atom is -0.497 e. The maximum Gasteiger partial charge on any atom is 0.335 e. The second kappa shape index (κ2) is 11.8. The van der Waals surface area contributed by atoms with Crippen molar-refractivity contribution in [2.24, 2.45) is 0 Å². The quantitative estimate of drug-likeness (QED) is 0.317. The molecule has 11 heteroatoms. The zero-order valence-electron chi connectivity index (χ0n) is 21.3. The third kappa shape index (κ3) is 5.99. The van der Waals surface area contributed by atoms with Crippen LogP contribution in [0.1, 0.15) is 5.56 Å². The van der Waals surface area contributed by atoms with Gasteiger partial charge in [0.2, 0.25) is 0 Å². The SMILES string of the molecule is COc1ccc(N2C(=O)NC(=O)/C(=C\c3ccc(OCC(=O)Nc4ccccc4OC)c(OC)c3)C2=O)cc1. The lowest BCUT2D eigenvalue weighted by Gasteiger charge is -2.26. The van der Waals surface area contributed by atoms with Gasteiger partial charge in [-0.2, -0.15) is 0 Å². The van der Waals surface area contributed by atoms with E-state index in [4.69, 9.17) is 18.9 Å². The van der Waals surface area contributed by atoms with E-state index in [-0.39, 0.29) is 29.4 Å². The summed E-state index contributed by atoms with van der Waals surface area (Å²) in [6, 6.07) is 17.0. The second-order valence-corrected chi connectivity index (χ2v) is 8.10. The molecular formula is C28H25N3O8. The van der Waals surface area contributed by atoms with E-state index in [1.807, 2.05) is 0 Å². The number of para-hydroxylation sites is 2. The Morgan fingerprint density at radius 1 is 0.872 bits per heavy atom. The number of urea groups is 1. The first-order chi connectivity index (χ1) is 18.8. The highest BCUT2D eigenvalue weighted by atomic mass is 16.5. The fraction of sp³-hybridized carbons (Fsp3) is 0.143. The van der Waals surface area contributed by atoms with E-state index >= 15 is 0 Å². The normalized spacial score (nSPS) is 14.1. The Morgan fingerprint density at radius 2 is 1.59 bits per heavy atom. The fourth-order valence-electron chi connectivity index (χ4n) is 3.76. The molecule has 1 saturated heterocycles. The molecule has 1 aliphatic heterocycles. The Bertz CT molecular complexity index is 1450. The summed E-state index contributed by atoms with van der Waals surface area (Å²) in [4.78, 5) is 51.3. The highest BCUT2D eigenvalue weighted by Gasteiger charge is 2.36. The molecule has 0 aliphatic carbocycles. The van der Waals surface area contributed by atoms with Crippen molar-refractivity contribution < 1.29 is 38.1 Å². The van der Waals surface area contributed by atoms with Gasteiger partial charge in [-0.15, -0.1) is 0 Å². The number of amides is 5. The maximum atomic E-state index is 13.1. The molecule has 4 rings (SSSR count). The van der Waals surface area contributed by atoms with Crippen LogP contribution in [0.3, 0.4) is 0 Å². The summed E-state index contributed by atoms with van der Waals surface area (Å²) in [6.07, 6.45) is 1.33. The van der Waals surface area contributed by atoms with E-state index in [1.165, 1.54) is 45.6 Å². The van der Waals surface area contributed by atoms with E-state index < -0.39 is 23.8 Å². The molecule has 0 radical (unpaired) electrons. The van der Waals surface area contributed by atoms with E-state index in [0.29, 0.717) is 22.7 Å². The van der Waals surface area contributed by atoms with Gasteiger partial charge in [0.1, 0.15) is 17.1 Å². The zero-order valence-corrected chi connectivity index (χ0v) is 21.3. The molecule has 1 aliphatic rings. The third-order valence-corrected chi connectivity index (χ3v) is 5.67. The van der Waals surface area contributed by atoms with Crippen LogP contribution in [-0.4, -0.2) is 51.7 Å². The summed E-state index contributed by atoms with van der Waals surface area (Å²) in [5, 5.41) is 4.89. The number of anilines is 2. The minimum atomic E-state index is -0.861. The summed E-state index contributed by atoms with van der Waals surface area (Å²) < 4.78 is 21.3. The van der Waals surface area contributed by atoms with Crippen LogP contribution in [0.2, 0.25) is 0 Å². The number of nitrogens with one attached hydrogen (secondary N) is 2. The number of hydrogen-bond acceptors (Lipinski definition) is 8. The van der Waals surface area contributed by atoms with Crippen LogP contribution in [0.15, 0.2) is 72.3 Å². The van der Waals surface area contributed by atoms with Gasteiger partial charge in [0.15, 0.2) is 18.1 Å². The average molecular weight is 532 g/mol. The Kier molecular flexibility index (Phi) is 8.10. The molecule has 0 unspecified atom stereocenters. The van der Waals surface area contributed by atoms with Crippen molar-refractivity contribution >= 4 is 41.2 Å². The van der Waals surface area contributed by atoms with Gasteiger partial charge in [-0.3, -0.25) is 19.7 Å². The molecule has 200 valence electrons. The standard InChI is InChI=1S/C28H25N3O8/c1-36-19-11-9-18(10-12-19)31-27(34)20(26(33)30-28(31)35)14-17-8-13-23(24(15-17)38-3)39-16-25(32)29-21-6-4-5-7-22(21)37-2/h4-15H,16H2,1-3H3,(H,29,32)(H,30,33,35)/b20-14+.